The molecule has 0 saturated heterocycles. The minimum absolute atomic E-state index is 0.107. The number of benzene rings is 2. The lowest BCUT2D eigenvalue weighted by molar-refractivity contribution is -0.123. The molecule has 1 N–H and O–H groups in total. The molecule has 8 nitrogen and oxygen atoms in total. The van der Waals surface area contributed by atoms with Crippen molar-refractivity contribution in [3.63, 3.8) is 0 Å². The molecule has 0 unspecified atom stereocenters. The Morgan fingerprint density at radius 2 is 2.04 bits per heavy atom. The second kappa shape index (κ2) is 8.22. The van der Waals surface area contributed by atoms with E-state index in [1.807, 2.05) is 63.2 Å². The maximum Gasteiger partial charge on any atom is 0.277 e. The van der Waals surface area contributed by atoms with E-state index in [1.165, 1.54) is 11.9 Å². The summed E-state index contributed by atoms with van der Waals surface area (Å²) >= 11 is 0. The molecule has 27 heavy (non-hydrogen) atoms. The number of hydrazone groups is 1. The van der Waals surface area contributed by atoms with Gasteiger partial charge in [-0.05, 0) is 72.2 Å². The number of hydrogen-bond donors (Lipinski definition) is 1. The van der Waals surface area contributed by atoms with E-state index in [-0.39, 0.29) is 12.5 Å². The molecule has 0 atom stereocenters. The Morgan fingerprint density at radius 3 is 2.78 bits per heavy atom. The average Bonchev–Trinajstić information content (AvgIpc) is 3.22. The van der Waals surface area contributed by atoms with Gasteiger partial charge in [0.25, 0.3) is 5.91 Å². The molecule has 0 spiro atoms. The quantitative estimate of drug-likeness (QED) is 0.534. The van der Waals surface area contributed by atoms with Crippen molar-refractivity contribution in [2.24, 2.45) is 5.10 Å². The summed E-state index contributed by atoms with van der Waals surface area (Å²) in [7, 11) is 0. The number of tetrazole rings is 1. The molecule has 2 aromatic carbocycles. The summed E-state index contributed by atoms with van der Waals surface area (Å²) in [6, 6.07) is 13.2. The number of rotatable bonds is 6. The Labute approximate surface area is 156 Å². The van der Waals surface area contributed by atoms with Gasteiger partial charge in [-0.25, -0.2) is 10.1 Å². The largest absolute Gasteiger partial charge is 0.484 e. The zero-order valence-corrected chi connectivity index (χ0v) is 15.4. The number of nitrogens with one attached hydrogen (secondary N) is 1. The number of amides is 1. The van der Waals surface area contributed by atoms with Crippen LogP contribution >= 0.6 is 0 Å². The van der Waals surface area contributed by atoms with Crippen LogP contribution in [0.5, 0.6) is 5.75 Å². The molecule has 3 rings (SSSR count). The molecule has 0 aliphatic rings. The number of aromatic nitrogens is 4. The second-order valence-corrected chi connectivity index (χ2v) is 6.07. The fourth-order valence-electron chi connectivity index (χ4n) is 2.35. The van der Waals surface area contributed by atoms with Crippen LogP contribution < -0.4 is 10.2 Å². The fraction of sp³-hybridized carbons (Fsp3) is 0.211. The van der Waals surface area contributed by atoms with Crippen LogP contribution in [-0.2, 0) is 4.79 Å². The normalized spacial score (nSPS) is 11.3. The zero-order valence-electron chi connectivity index (χ0n) is 15.4. The lowest BCUT2D eigenvalue weighted by Crippen LogP contribution is -2.25. The van der Waals surface area contributed by atoms with Crippen molar-refractivity contribution in [2.75, 3.05) is 6.61 Å². The fourth-order valence-corrected chi connectivity index (χ4v) is 2.35. The van der Waals surface area contributed by atoms with Gasteiger partial charge in [-0.1, -0.05) is 18.2 Å². The summed E-state index contributed by atoms with van der Waals surface area (Å²) < 4.78 is 7.05. The Hall–Kier alpha value is -3.55. The Bertz CT molecular complexity index is 966. The molecule has 0 radical (unpaired) electrons. The summed E-state index contributed by atoms with van der Waals surface area (Å²) in [6.07, 6.45) is 1.51. The van der Waals surface area contributed by atoms with Gasteiger partial charge in [0.2, 0.25) is 0 Å². The lowest BCUT2D eigenvalue weighted by Gasteiger charge is -2.08. The monoisotopic (exact) mass is 364 g/mol. The van der Waals surface area contributed by atoms with Crippen LogP contribution in [0.4, 0.5) is 0 Å². The van der Waals surface area contributed by atoms with Gasteiger partial charge in [-0.15, -0.1) is 5.10 Å². The number of hydrogen-bond acceptors (Lipinski definition) is 6. The highest BCUT2D eigenvalue weighted by Crippen LogP contribution is 2.16. The molecule has 0 fully saturated rings. The summed E-state index contributed by atoms with van der Waals surface area (Å²) in [4.78, 5) is 12.0. The Kier molecular flexibility index (Phi) is 5.55. The van der Waals surface area contributed by atoms with E-state index in [0.717, 1.165) is 16.8 Å². The van der Waals surface area contributed by atoms with E-state index in [0.29, 0.717) is 11.5 Å². The number of carbonyl (C=O) groups excluding carboxylic acids is 1. The van der Waals surface area contributed by atoms with Gasteiger partial charge >= 0.3 is 0 Å². The molecule has 138 valence electrons. The van der Waals surface area contributed by atoms with Crippen molar-refractivity contribution >= 4 is 11.6 Å². The molecule has 3 aromatic rings. The van der Waals surface area contributed by atoms with Crippen LogP contribution in [0.3, 0.4) is 0 Å². The van der Waals surface area contributed by atoms with Gasteiger partial charge in [0, 0.05) is 0 Å². The first-order chi connectivity index (χ1) is 13.0. The maximum atomic E-state index is 12.0. The van der Waals surface area contributed by atoms with E-state index in [4.69, 9.17) is 4.74 Å². The first-order valence-corrected chi connectivity index (χ1v) is 8.40. The maximum absolute atomic E-state index is 12.0. The van der Waals surface area contributed by atoms with Gasteiger partial charge in [0.05, 0.1) is 11.4 Å². The van der Waals surface area contributed by atoms with Gasteiger partial charge in [-0.2, -0.15) is 5.10 Å². The Balaban J connectivity index is 1.59. The smallest absolute Gasteiger partial charge is 0.277 e. The molecule has 0 aliphatic heterocycles. The minimum Gasteiger partial charge on any atom is -0.484 e. The van der Waals surface area contributed by atoms with Crippen LogP contribution in [-0.4, -0.2) is 38.4 Å². The zero-order chi connectivity index (χ0) is 19.2. The molecular weight excluding hydrogens is 344 g/mol. The van der Waals surface area contributed by atoms with Gasteiger partial charge in [0.1, 0.15) is 12.1 Å². The van der Waals surface area contributed by atoms with E-state index in [2.05, 4.69) is 26.1 Å². The third-order valence-electron chi connectivity index (χ3n) is 4.07. The van der Waals surface area contributed by atoms with Crippen LogP contribution in [0.1, 0.15) is 23.6 Å². The van der Waals surface area contributed by atoms with Crippen molar-refractivity contribution in [1.82, 2.24) is 25.6 Å². The van der Waals surface area contributed by atoms with E-state index in [1.54, 1.807) is 4.68 Å². The van der Waals surface area contributed by atoms with Crippen molar-refractivity contribution in [2.45, 2.75) is 20.8 Å². The number of nitrogens with zero attached hydrogens (tertiary/aromatic N) is 5. The average molecular weight is 364 g/mol. The molecular formula is C19H20N6O2. The highest BCUT2D eigenvalue weighted by Gasteiger charge is 2.05. The SMILES string of the molecule is CC(=NNC(=O)COc1ccc(C)c(C)c1)c1cccc(-n2cnnn2)c1. The molecule has 8 heteroatoms. The summed E-state index contributed by atoms with van der Waals surface area (Å²) in [5, 5.41) is 15.2. The van der Waals surface area contributed by atoms with Crippen LogP contribution in [0.2, 0.25) is 0 Å². The van der Waals surface area contributed by atoms with Gasteiger partial charge < -0.3 is 4.74 Å². The van der Waals surface area contributed by atoms with Gasteiger partial charge in [-0.3, -0.25) is 4.79 Å². The van der Waals surface area contributed by atoms with Crippen LogP contribution in [0.15, 0.2) is 53.9 Å². The standard InChI is InChI=1S/C19H20N6O2/c1-13-7-8-18(9-14(13)2)27-11-19(26)22-21-15(3)16-5-4-6-17(10-16)25-12-20-23-24-25/h4-10,12H,11H2,1-3H3,(H,22,26). The highest BCUT2D eigenvalue weighted by molar-refractivity contribution is 5.99. The third-order valence-corrected chi connectivity index (χ3v) is 4.07. The van der Waals surface area contributed by atoms with E-state index < -0.39 is 0 Å². The van der Waals surface area contributed by atoms with Crippen LogP contribution in [0.25, 0.3) is 5.69 Å². The second-order valence-electron chi connectivity index (χ2n) is 6.07. The van der Waals surface area contributed by atoms with Crippen molar-refractivity contribution in [3.05, 3.63) is 65.5 Å². The first kappa shape index (κ1) is 18.2. The topological polar surface area (TPSA) is 94.3 Å². The number of aryl methyl sites for hydroxylation is 2. The number of ether oxygens (including phenoxy) is 1. The predicted molar refractivity (Wildman–Crippen MR) is 101 cm³/mol. The summed E-state index contributed by atoms with van der Waals surface area (Å²) in [6.45, 7) is 5.73. The lowest BCUT2D eigenvalue weighted by atomic mass is 10.1. The van der Waals surface area contributed by atoms with Crippen molar-refractivity contribution in [3.8, 4) is 11.4 Å². The third kappa shape index (κ3) is 4.75. The molecule has 0 saturated carbocycles. The first-order valence-electron chi connectivity index (χ1n) is 8.40. The molecule has 1 aromatic heterocycles. The van der Waals surface area contributed by atoms with E-state index in [9.17, 15) is 4.79 Å². The van der Waals surface area contributed by atoms with Gasteiger partial charge in [0.15, 0.2) is 6.61 Å². The molecule has 1 amide bonds. The molecule has 1 heterocycles. The summed E-state index contributed by atoms with van der Waals surface area (Å²) in [5.41, 5.74) is 7.11. The highest BCUT2D eigenvalue weighted by atomic mass is 16.5. The van der Waals surface area contributed by atoms with E-state index >= 15 is 0 Å². The van der Waals surface area contributed by atoms with Crippen molar-refractivity contribution in [1.29, 1.82) is 0 Å². The Morgan fingerprint density at radius 1 is 1.19 bits per heavy atom. The van der Waals surface area contributed by atoms with Crippen LogP contribution in [0, 0.1) is 13.8 Å². The summed E-state index contributed by atoms with van der Waals surface area (Å²) in [5.74, 6) is 0.326. The molecule has 0 aliphatic carbocycles. The predicted octanol–water partition coefficient (Wildman–Crippen LogP) is 2.20. The minimum atomic E-state index is -0.329. The van der Waals surface area contributed by atoms with Crippen molar-refractivity contribution < 1.29 is 9.53 Å². The molecule has 0 bridgehead atoms. The number of carbonyl (C=O) groups is 1.